The molecular weight excluding hydrogens is 843 g/mol. The molecule has 0 spiro atoms. The SMILES string of the molecule is O=C(CS(=O)(=O)c1ccc(NCC2CCOCC2)c([N+](=O)[O-])c1)c1ccc(N2CCN(C[C@H]3Cc4ccccc4CN3C(=O)c3cccs3)CC2)cc1Oc1cnc2[nH]ccc2c1. The number of benzene rings is 3. The molecule has 0 bridgehead atoms. The minimum atomic E-state index is -4.32. The number of aromatic nitrogens is 2. The molecule has 2 saturated heterocycles. The summed E-state index contributed by atoms with van der Waals surface area (Å²) < 4.78 is 39.3. The Kier molecular flexibility index (Phi) is 12.2. The van der Waals surface area contributed by atoms with Crippen molar-refractivity contribution < 1.29 is 32.4 Å². The zero-order valence-corrected chi connectivity index (χ0v) is 36.1. The van der Waals surface area contributed by atoms with Crippen LogP contribution >= 0.6 is 11.3 Å². The fourth-order valence-electron chi connectivity index (χ4n) is 8.69. The fraction of sp³-hybridized carbons (Fsp3) is 0.326. The highest BCUT2D eigenvalue weighted by atomic mass is 32.2. The first-order chi connectivity index (χ1) is 30.6. The van der Waals surface area contributed by atoms with Crippen molar-refractivity contribution in [3.63, 3.8) is 0 Å². The van der Waals surface area contributed by atoms with Crippen LogP contribution in [0, 0.1) is 16.0 Å². The first-order valence-corrected chi connectivity index (χ1v) is 23.6. The lowest BCUT2D eigenvalue weighted by Crippen LogP contribution is -2.54. The molecule has 0 saturated carbocycles. The van der Waals surface area contributed by atoms with E-state index in [0.29, 0.717) is 50.8 Å². The summed E-state index contributed by atoms with van der Waals surface area (Å²) in [6.07, 6.45) is 5.72. The minimum Gasteiger partial charge on any atom is -0.455 e. The summed E-state index contributed by atoms with van der Waals surface area (Å²) in [5.74, 6) is -0.807. The van der Waals surface area contributed by atoms with Crippen molar-refractivity contribution in [1.82, 2.24) is 19.8 Å². The Balaban J connectivity index is 0.920. The summed E-state index contributed by atoms with van der Waals surface area (Å²) >= 11 is 1.46. The number of ketones is 1. The zero-order valence-electron chi connectivity index (χ0n) is 34.5. The average molecular weight is 890 g/mol. The van der Waals surface area contributed by atoms with Crippen molar-refractivity contribution in [2.24, 2.45) is 5.92 Å². The van der Waals surface area contributed by atoms with E-state index in [9.17, 15) is 28.1 Å². The van der Waals surface area contributed by atoms with Gasteiger partial charge in [0.25, 0.3) is 11.6 Å². The second-order valence-electron chi connectivity index (χ2n) is 16.2. The number of anilines is 2. The number of nitro groups is 1. The summed E-state index contributed by atoms with van der Waals surface area (Å²) in [5, 5.41) is 17.9. The molecule has 326 valence electrons. The van der Waals surface area contributed by atoms with Crippen LogP contribution in [0.2, 0.25) is 0 Å². The molecule has 3 aromatic carbocycles. The number of carbonyl (C=O) groups excluding carboxylic acids is 2. The third-order valence-corrected chi connectivity index (χ3v) is 14.7. The van der Waals surface area contributed by atoms with Crippen molar-refractivity contribution in [3.05, 3.63) is 134 Å². The van der Waals surface area contributed by atoms with Crippen LogP contribution in [0.4, 0.5) is 17.1 Å². The molecule has 6 aromatic rings. The molecule has 63 heavy (non-hydrogen) atoms. The number of H-pyrrole nitrogens is 1. The number of Topliss-reactive ketones (excluding diaryl/α,β-unsaturated/α-hetero) is 1. The number of hydrogen-bond acceptors (Lipinski definition) is 13. The number of fused-ring (bicyclic) bond motifs is 2. The predicted octanol–water partition coefficient (Wildman–Crippen LogP) is 7.21. The molecule has 15 nitrogen and oxygen atoms in total. The van der Waals surface area contributed by atoms with Crippen LogP contribution in [0.15, 0.2) is 108 Å². The van der Waals surface area contributed by atoms with Gasteiger partial charge in [0.2, 0.25) is 0 Å². The van der Waals surface area contributed by atoms with Gasteiger partial charge < -0.3 is 29.6 Å². The Bertz CT molecular complexity index is 2750. The molecule has 0 radical (unpaired) electrons. The summed E-state index contributed by atoms with van der Waals surface area (Å²) in [6, 6.07) is 24.6. The van der Waals surface area contributed by atoms with Gasteiger partial charge in [-0.3, -0.25) is 24.6 Å². The van der Waals surface area contributed by atoms with Gasteiger partial charge in [-0.15, -0.1) is 11.3 Å². The minimum absolute atomic E-state index is 0.0106. The molecule has 17 heteroatoms. The summed E-state index contributed by atoms with van der Waals surface area (Å²) in [7, 11) is -4.32. The fourth-order valence-corrected chi connectivity index (χ4v) is 10.6. The van der Waals surface area contributed by atoms with E-state index in [4.69, 9.17) is 9.47 Å². The Morgan fingerprint density at radius 2 is 1.78 bits per heavy atom. The summed E-state index contributed by atoms with van der Waals surface area (Å²) in [4.78, 5) is 53.7. The number of hydrogen-bond donors (Lipinski definition) is 2. The molecule has 3 aromatic heterocycles. The summed E-state index contributed by atoms with van der Waals surface area (Å²) in [6.45, 7) is 5.84. The van der Waals surface area contributed by atoms with Crippen LogP contribution in [0.25, 0.3) is 11.0 Å². The van der Waals surface area contributed by atoms with Gasteiger partial charge in [0.1, 0.15) is 28.6 Å². The van der Waals surface area contributed by atoms with E-state index in [0.717, 1.165) is 60.9 Å². The number of amides is 1. The summed E-state index contributed by atoms with van der Waals surface area (Å²) in [5.41, 5.74) is 3.77. The highest BCUT2D eigenvalue weighted by molar-refractivity contribution is 7.92. The zero-order chi connectivity index (χ0) is 43.5. The van der Waals surface area contributed by atoms with Gasteiger partial charge in [-0.05, 0) is 84.2 Å². The lowest BCUT2D eigenvalue weighted by Gasteiger charge is -2.42. The predicted molar refractivity (Wildman–Crippen MR) is 241 cm³/mol. The Morgan fingerprint density at radius 1 is 0.968 bits per heavy atom. The number of thiophene rings is 1. The molecule has 0 unspecified atom stereocenters. The van der Waals surface area contributed by atoms with E-state index in [-0.39, 0.29) is 45.5 Å². The van der Waals surface area contributed by atoms with Gasteiger partial charge >= 0.3 is 0 Å². The standard InChI is InChI=1S/C46H47N7O8S2/c54-42(30-63(58,59)38-8-10-40(41(25-38)53(56)57)48-26-31-12-19-60-20-13-31)39-9-7-35(24-43(39)61-37-23-33-11-14-47-45(33)49-27-37)51-17-15-50(16-18-51)29-36-22-32-4-1-2-5-34(32)28-52(36)46(55)44-6-3-21-62-44/h1-11,14,21,23-25,27,31,36,48H,12-13,15-20,22,26,28-30H2,(H,47,49)/t36-/m1/s1. The van der Waals surface area contributed by atoms with E-state index in [2.05, 4.69) is 43.3 Å². The number of nitrogens with zero attached hydrogens (tertiary/aromatic N) is 5. The topological polar surface area (TPSA) is 180 Å². The molecule has 1 amide bonds. The van der Waals surface area contributed by atoms with E-state index < -0.39 is 26.3 Å². The Morgan fingerprint density at radius 3 is 2.56 bits per heavy atom. The van der Waals surface area contributed by atoms with E-state index in [1.54, 1.807) is 30.5 Å². The molecule has 3 aliphatic rings. The Labute approximate surface area is 368 Å². The van der Waals surface area contributed by atoms with Gasteiger partial charge in [-0.25, -0.2) is 13.4 Å². The maximum atomic E-state index is 14.0. The molecular formula is C46H47N7O8S2. The smallest absolute Gasteiger partial charge is 0.293 e. The van der Waals surface area contributed by atoms with Crippen molar-refractivity contribution in [3.8, 4) is 11.5 Å². The number of rotatable bonds is 14. The molecule has 2 fully saturated rings. The van der Waals surface area contributed by atoms with Crippen molar-refractivity contribution in [2.75, 3.05) is 68.5 Å². The third-order valence-electron chi connectivity index (χ3n) is 12.2. The number of nitro benzene ring substituents is 1. The highest BCUT2D eigenvalue weighted by Gasteiger charge is 2.33. The number of ether oxygens (including phenoxy) is 2. The van der Waals surface area contributed by atoms with Crippen LogP contribution in [0.5, 0.6) is 11.5 Å². The maximum absolute atomic E-state index is 14.0. The third kappa shape index (κ3) is 9.46. The highest BCUT2D eigenvalue weighted by Crippen LogP contribution is 2.35. The average Bonchev–Trinajstić information content (AvgIpc) is 4.02. The van der Waals surface area contributed by atoms with E-state index in [1.807, 2.05) is 34.5 Å². The van der Waals surface area contributed by atoms with Crippen LogP contribution in [-0.2, 0) is 27.5 Å². The number of sulfone groups is 1. The van der Waals surface area contributed by atoms with Crippen LogP contribution in [-0.4, -0.2) is 109 Å². The van der Waals surface area contributed by atoms with Gasteiger partial charge in [0.05, 0.1) is 26.5 Å². The lowest BCUT2D eigenvalue weighted by atomic mass is 9.93. The van der Waals surface area contributed by atoms with Gasteiger partial charge in [0, 0.05) is 94.5 Å². The lowest BCUT2D eigenvalue weighted by molar-refractivity contribution is -0.384. The largest absolute Gasteiger partial charge is 0.455 e. The van der Waals surface area contributed by atoms with Gasteiger partial charge in [0.15, 0.2) is 15.6 Å². The van der Waals surface area contributed by atoms with Crippen LogP contribution in [0.1, 0.15) is 44.0 Å². The van der Waals surface area contributed by atoms with Crippen molar-refractivity contribution in [2.45, 2.75) is 36.7 Å². The first kappa shape index (κ1) is 42.2. The van der Waals surface area contributed by atoms with Gasteiger partial charge in [-0.1, -0.05) is 30.3 Å². The first-order valence-electron chi connectivity index (χ1n) is 21.1. The number of aromatic amines is 1. The molecule has 3 aliphatic heterocycles. The number of piperazine rings is 1. The second kappa shape index (κ2) is 18.3. The molecule has 6 heterocycles. The van der Waals surface area contributed by atoms with Crippen LogP contribution in [0.3, 0.4) is 0 Å². The molecule has 9 rings (SSSR count). The van der Waals surface area contributed by atoms with E-state index >= 15 is 0 Å². The quantitative estimate of drug-likeness (QED) is 0.0639. The molecule has 1 atom stereocenters. The van der Waals surface area contributed by atoms with Crippen LogP contribution < -0.4 is 15.0 Å². The second-order valence-corrected chi connectivity index (χ2v) is 19.2. The number of pyridine rings is 1. The van der Waals surface area contributed by atoms with Crippen molar-refractivity contribution in [1.29, 1.82) is 0 Å². The molecule has 2 N–H and O–H groups in total. The number of carbonyl (C=O) groups is 2. The van der Waals surface area contributed by atoms with Crippen molar-refractivity contribution >= 4 is 61.0 Å². The number of nitrogens with one attached hydrogen (secondary N) is 2. The Hall–Kier alpha value is -6.14. The maximum Gasteiger partial charge on any atom is 0.293 e. The van der Waals surface area contributed by atoms with E-state index in [1.165, 1.54) is 40.8 Å². The van der Waals surface area contributed by atoms with Gasteiger partial charge in [-0.2, -0.15) is 0 Å². The molecule has 0 aliphatic carbocycles. The normalized spacial score (nSPS) is 17.4. The monoisotopic (exact) mass is 889 g/mol.